The molecule has 2 rings (SSSR count). The van der Waals surface area contributed by atoms with Gasteiger partial charge in [-0.05, 0) is 143 Å². The van der Waals surface area contributed by atoms with Gasteiger partial charge in [-0.25, -0.2) is 0 Å². The molecule has 0 heterocycles. The summed E-state index contributed by atoms with van der Waals surface area (Å²) in [5.74, 6) is -0.496. The molecule has 0 aromatic carbocycles. The Bertz CT molecular complexity index is 717. The molecule has 7 heteroatoms. The molecule has 0 amide bonds. The monoisotopic (exact) mass is 638 g/mol. The Hall–Kier alpha value is 0.0400. The molecule has 2 aliphatic rings. The average molecular weight is 639 g/mol. The number of hydrogen-bond acceptors (Lipinski definition) is 6. The van der Waals surface area contributed by atoms with Crippen LogP contribution in [0.4, 0.5) is 0 Å². The van der Waals surface area contributed by atoms with Crippen LogP contribution in [-0.4, -0.2) is 58.3 Å². The van der Waals surface area contributed by atoms with Crippen LogP contribution in [0.25, 0.3) is 0 Å². The standard InChI is InChI=1S/C30H55IO6/c1-11-30(10,31)25(32)37-24(18-12-14-20(26(2,3)33)22(16-18)28(6,7)35)19-13-15-21(27(4,5)34)23(17-19)29(8,9)36/h18-24,33-36H,11-17H2,1-10H3. The number of carbonyl (C=O) groups is 1. The van der Waals surface area contributed by atoms with Crippen LogP contribution in [-0.2, 0) is 9.53 Å². The SMILES string of the molecule is CCC(C)(I)C(=O)OC(C1CCC(C(C)(C)O)C(C(C)(C)O)C1)C1CCC(C(C)(C)O)C(C(C)(C)O)C1. The Morgan fingerprint density at radius 1 is 0.703 bits per heavy atom. The molecule has 0 aromatic rings. The molecule has 2 aliphatic carbocycles. The zero-order chi connectivity index (χ0) is 28.8. The van der Waals surface area contributed by atoms with E-state index in [9.17, 15) is 25.2 Å². The molecule has 0 spiro atoms. The van der Waals surface area contributed by atoms with Gasteiger partial charge >= 0.3 is 5.97 Å². The molecule has 6 nitrogen and oxygen atoms in total. The Morgan fingerprint density at radius 2 is 1.03 bits per heavy atom. The van der Waals surface area contributed by atoms with Gasteiger partial charge in [-0.1, -0.05) is 29.5 Å². The summed E-state index contributed by atoms with van der Waals surface area (Å²) in [6, 6.07) is 0. The second-order valence-electron chi connectivity index (χ2n) is 14.6. The van der Waals surface area contributed by atoms with Crippen LogP contribution < -0.4 is 0 Å². The van der Waals surface area contributed by atoms with E-state index in [1.54, 1.807) is 0 Å². The number of ether oxygens (including phenoxy) is 1. The molecule has 0 aromatic heterocycles. The van der Waals surface area contributed by atoms with Gasteiger partial charge in [0.05, 0.1) is 22.4 Å². The lowest BCUT2D eigenvalue weighted by Crippen LogP contribution is -2.53. The highest BCUT2D eigenvalue weighted by atomic mass is 127. The third-order valence-electron chi connectivity index (χ3n) is 9.67. The lowest BCUT2D eigenvalue weighted by molar-refractivity contribution is -0.172. The molecule has 7 atom stereocenters. The van der Waals surface area contributed by atoms with Gasteiger partial charge in [0.2, 0.25) is 0 Å². The number of aliphatic hydroxyl groups is 4. The molecule has 2 fully saturated rings. The number of esters is 1. The van der Waals surface area contributed by atoms with Gasteiger partial charge in [-0.15, -0.1) is 0 Å². The fraction of sp³-hybridized carbons (Fsp3) is 0.967. The van der Waals surface area contributed by atoms with Crippen LogP contribution in [0.15, 0.2) is 0 Å². The van der Waals surface area contributed by atoms with Crippen molar-refractivity contribution < 1.29 is 30.0 Å². The highest BCUT2D eigenvalue weighted by Crippen LogP contribution is 2.51. The van der Waals surface area contributed by atoms with Crippen molar-refractivity contribution in [1.82, 2.24) is 0 Å². The smallest absolute Gasteiger partial charge is 0.322 e. The van der Waals surface area contributed by atoms with Gasteiger partial charge in [-0.3, -0.25) is 4.79 Å². The fourth-order valence-corrected chi connectivity index (χ4v) is 7.35. The Morgan fingerprint density at radius 3 is 1.30 bits per heavy atom. The molecular formula is C30H55IO6. The van der Waals surface area contributed by atoms with Gasteiger partial charge in [0.1, 0.15) is 9.53 Å². The first-order valence-electron chi connectivity index (χ1n) is 14.3. The third-order valence-corrected chi connectivity index (χ3v) is 10.9. The second-order valence-corrected chi connectivity index (χ2v) is 17.0. The molecule has 0 radical (unpaired) electrons. The van der Waals surface area contributed by atoms with E-state index in [1.165, 1.54) is 0 Å². The maximum atomic E-state index is 13.4. The van der Waals surface area contributed by atoms with E-state index >= 15 is 0 Å². The topological polar surface area (TPSA) is 107 Å². The molecule has 218 valence electrons. The minimum absolute atomic E-state index is 0.0502. The summed E-state index contributed by atoms with van der Waals surface area (Å²) in [5.41, 5.74) is -3.79. The van der Waals surface area contributed by atoms with Gasteiger partial charge in [0.15, 0.2) is 0 Å². The summed E-state index contributed by atoms with van der Waals surface area (Å²) < 4.78 is 5.79. The van der Waals surface area contributed by atoms with Crippen molar-refractivity contribution in [3.05, 3.63) is 0 Å². The number of halogens is 1. The van der Waals surface area contributed by atoms with E-state index in [2.05, 4.69) is 22.6 Å². The van der Waals surface area contributed by atoms with Crippen molar-refractivity contribution >= 4 is 28.6 Å². The summed E-state index contributed by atoms with van der Waals surface area (Å²) in [5, 5.41) is 44.1. The highest BCUT2D eigenvalue weighted by molar-refractivity contribution is 14.1. The summed E-state index contributed by atoms with van der Waals surface area (Å²) in [6.07, 6.45) is 4.77. The van der Waals surface area contributed by atoms with E-state index in [0.717, 1.165) is 25.7 Å². The molecule has 7 unspecified atom stereocenters. The van der Waals surface area contributed by atoms with Gasteiger partial charge < -0.3 is 25.2 Å². The van der Waals surface area contributed by atoms with Gasteiger partial charge in [0, 0.05) is 0 Å². The van der Waals surface area contributed by atoms with Crippen LogP contribution in [0, 0.1) is 35.5 Å². The van der Waals surface area contributed by atoms with E-state index in [1.807, 2.05) is 69.2 Å². The van der Waals surface area contributed by atoms with Crippen LogP contribution in [0.2, 0.25) is 0 Å². The maximum absolute atomic E-state index is 13.4. The number of rotatable bonds is 9. The Labute approximate surface area is 239 Å². The molecule has 37 heavy (non-hydrogen) atoms. The summed E-state index contributed by atoms with van der Waals surface area (Å²) in [6.45, 7) is 18.4. The minimum atomic E-state index is -0.979. The fourth-order valence-electron chi connectivity index (χ4n) is 7.22. The lowest BCUT2D eigenvalue weighted by atomic mass is 9.58. The van der Waals surface area contributed by atoms with Crippen LogP contribution >= 0.6 is 22.6 Å². The first-order valence-corrected chi connectivity index (χ1v) is 15.4. The molecule has 0 bridgehead atoms. The lowest BCUT2D eigenvalue weighted by Gasteiger charge is -2.52. The first-order chi connectivity index (χ1) is 16.5. The highest BCUT2D eigenvalue weighted by Gasteiger charge is 2.52. The molecular weight excluding hydrogens is 583 g/mol. The van der Waals surface area contributed by atoms with Gasteiger partial charge in [-0.2, -0.15) is 0 Å². The Balaban J connectivity index is 2.45. The van der Waals surface area contributed by atoms with E-state index in [0.29, 0.717) is 19.3 Å². The second kappa shape index (κ2) is 11.5. The zero-order valence-electron chi connectivity index (χ0n) is 25.0. The molecule has 2 saturated carbocycles. The zero-order valence-corrected chi connectivity index (χ0v) is 27.1. The van der Waals surface area contributed by atoms with Gasteiger partial charge in [0.25, 0.3) is 0 Å². The quantitative estimate of drug-likeness (QED) is 0.148. The van der Waals surface area contributed by atoms with E-state index < -0.39 is 25.8 Å². The van der Waals surface area contributed by atoms with Crippen LogP contribution in [0.5, 0.6) is 0 Å². The largest absolute Gasteiger partial charge is 0.461 e. The summed E-state index contributed by atoms with van der Waals surface area (Å²) >= 11 is 2.18. The van der Waals surface area contributed by atoms with Crippen molar-refractivity contribution in [3.63, 3.8) is 0 Å². The molecule has 4 N–H and O–H groups in total. The van der Waals surface area contributed by atoms with Crippen LogP contribution in [0.1, 0.15) is 114 Å². The van der Waals surface area contributed by atoms with E-state index in [4.69, 9.17) is 4.74 Å². The first kappa shape index (κ1) is 33.2. The Kier molecular flexibility index (Phi) is 10.3. The molecule has 0 aliphatic heterocycles. The maximum Gasteiger partial charge on any atom is 0.322 e. The third kappa shape index (κ3) is 8.27. The predicted octanol–water partition coefficient (Wildman–Crippen LogP) is 5.65. The molecule has 0 saturated heterocycles. The van der Waals surface area contributed by atoms with Crippen molar-refractivity contribution in [2.75, 3.05) is 0 Å². The predicted molar refractivity (Wildman–Crippen MR) is 156 cm³/mol. The van der Waals surface area contributed by atoms with E-state index in [-0.39, 0.29) is 47.6 Å². The number of hydrogen-bond donors (Lipinski definition) is 4. The van der Waals surface area contributed by atoms with Crippen molar-refractivity contribution in [2.24, 2.45) is 35.5 Å². The summed E-state index contributed by atoms with van der Waals surface area (Å²) in [4.78, 5) is 13.4. The van der Waals surface area contributed by atoms with Crippen LogP contribution in [0.3, 0.4) is 0 Å². The normalized spacial score (nSPS) is 32.9. The van der Waals surface area contributed by atoms with Crippen molar-refractivity contribution in [2.45, 2.75) is 146 Å². The van der Waals surface area contributed by atoms with Crippen molar-refractivity contribution in [3.8, 4) is 0 Å². The minimum Gasteiger partial charge on any atom is -0.461 e. The number of carbonyl (C=O) groups excluding carboxylic acids is 1. The average Bonchev–Trinajstić information content (AvgIpc) is 2.74. The van der Waals surface area contributed by atoms with Crippen molar-refractivity contribution in [1.29, 1.82) is 0 Å². The summed E-state index contributed by atoms with van der Waals surface area (Å²) in [7, 11) is 0. The number of alkyl halides is 1.